The lowest BCUT2D eigenvalue weighted by Gasteiger charge is -2.08. The van der Waals surface area contributed by atoms with E-state index in [-0.39, 0.29) is 10.7 Å². The summed E-state index contributed by atoms with van der Waals surface area (Å²) in [6.45, 7) is 1.77. The van der Waals surface area contributed by atoms with Gasteiger partial charge in [0.15, 0.2) is 0 Å². The maximum Gasteiger partial charge on any atom is 0.453 e. The van der Waals surface area contributed by atoms with Crippen LogP contribution in [0.4, 0.5) is 19.1 Å². The molecule has 9 heteroatoms. The number of rotatable bonds is 1. The van der Waals surface area contributed by atoms with Crippen molar-refractivity contribution >= 4 is 30.2 Å². The third-order valence-electron chi connectivity index (χ3n) is 2.38. The monoisotopic (exact) mass is 308 g/mol. The van der Waals surface area contributed by atoms with Crippen molar-refractivity contribution in [1.29, 1.82) is 0 Å². The Bertz CT molecular complexity index is 638. The molecule has 4 nitrogen and oxygen atoms in total. The highest BCUT2D eigenvalue weighted by molar-refractivity contribution is 7.80. The van der Waals surface area contributed by atoms with E-state index >= 15 is 0 Å². The second-order valence-corrected chi connectivity index (χ2v) is 4.68. The van der Waals surface area contributed by atoms with E-state index in [0.29, 0.717) is 4.90 Å². The predicted octanol–water partition coefficient (Wildman–Crippen LogP) is 3.12. The molecule has 2 N–H and O–H groups in total. The van der Waals surface area contributed by atoms with Crippen LogP contribution in [-0.2, 0) is 6.18 Å². The summed E-state index contributed by atoms with van der Waals surface area (Å²) in [4.78, 5) is 3.73. The molecule has 1 aromatic heterocycles. The average molecular weight is 309 g/mol. The molecule has 1 heterocycles. The standard InChI is InChI=1S/C10H8ClF3N4S/c1-4-2-5(11)6(3-7(4)19)18-9(15)16-8(17-18)10(12,13)14/h2-3,19H,1H3,(H2,15,16,17). The number of benzene rings is 1. The summed E-state index contributed by atoms with van der Waals surface area (Å²) in [6, 6.07) is 3.04. The van der Waals surface area contributed by atoms with Gasteiger partial charge in [0.25, 0.3) is 5.82 Å². The zero-order valence-electron chi connectivity index (χ0n) is 9.53. The van der Waals surface area contributed by atoms with E-state index in [2.05, 4.69) is 22.7 Å². The summed E-state index contributed by atoms with van der Waals surface area (Å²) < 4.78 is 38.3. The highest BCUT2D eigenvalue weighted by Crippen LogP contribution is 2.31. The largest absolute Gasteiger partial charge is 0.453 e. The number of nitrogen functional groups attached to an aromatic ring is 1. The summed E-state index contributed by atoms with van der Waals surface area (Å²) in [5.74, 6) is -1.71. The Balaban J connectivity index is 2.60. The maximum atomic E-state index is 12.5. The van der Waals surface area contributed by atoms with Gasteiger partial charge in [-0.1, -0.05) is 11.6 Å². The fourth-order valence-corrected chi connectivity index (χ4v) is 1.92. The van der Waals surface area contributed by atoms with Crippen molar-refractivity contribution in [2.75, 3.05) is 5.73 Å². The first-order valence-electron chi connectivity index (χ1n) is 4.99. The van der Waals surface area contributed by atoms with Crippen molar-refractivity contribution in [3.8, 4) is 5.69 Å². The van der Waals surface area contributed by atoms with Gasteiger partial charge in [-0.25, -0.2) is 0 Å². The number of nitrogens with zero attached hydrogens (tertiary/aromatic N) is 3. The van der Waals surface area contributed by atoms with Crippen molar-refractivity contribution < 1.29 is 13.2 Å². The Morgan fingerprint density at radius 3 is 2.53 bits per heavy atom. The summed E-state index contributed by atoms with van der Waals surface area (Å²) >= 11 is 10.2. The van der Waals surface area contributed by atoms with E-state index in [1.54, 1.807) is 13.0 Å². The zero-order chi connectivity index (χ0) is 14.4. The van der Waals surface area contributed by atoms with Gasteiger partial charge in [-0.05, 0) is 24.6 Å². The van der Waals surface area contributed by atoms with Crippen molar-refractivity contribution in [2.24, 2.45) is 0 Å². The van der Waals surface area contributed by atoms with Crippen LogP contribution in [0, 0.1) is 6.92 Å². The van der Waals surface area contributed by atoms with E-state index in [0.717, 1.165) is 10.2 Å². The highest BCUT2D eigenvalue weighted by Gasteiger charge is 2.37. The normalized spacial score (nSPS) is 11.9. The molecule has 0 unspecified atom stereocenters. The summed E-state index contributed by atoms with van der Waals surface area (Å²) in [7, 11) is 0. The van der Waals surface area contributed by atoms with Gasteiger partial charge in [0.1, 0.15) is 0 Å². The molecule has 0 radical (unpaired) electrons. The number of alkyl halides is 3. The van der Waals surface area contributed by atoms with Crippen molar-refractivity contribution in [1.82, 2.24) is 14.8 Å². The predicted molar refractivity (Wildman–Crippen MR) is 67.8 cm³/mol. The van der Waals surface area contributed by atoms with E-state index in [1.807, 2.05) is 0 Å². The minimum absolute atomic E-state index is 0.192. The molecule has 0 bridgehead atoms. The molecule has 0 spiro atoms. The molecule has 1 aromatic carbocycles. The third-order valence-corrected chi connectivity index (χ3v) is 3.16. The first-order valence-corrected chi connectivity index (χ1v) is 5.82. The van der Waals surface area contributed by atoms with Crippen LogP contribution < -0.4 is 5.73 Å². The molecule has 2 aromatic rings. The van der Waals surface area contributed by atoms with E-state index < -0.39 is 17.9 Å². The number of hydrogen-bond donors (Lipinski definition) is 2. The molecule has 0 amide bonds. The zero-order valence-corrected chi connectivity index (χ0v) is 11.2. The molecule has 0 saturated heterocycles. The SMILES string of the molecule is Cc1cc(Cl)c(-n2nc(C(F)(F)F)nc2N)cc1S. The Labute approximate surface area is 116 Å². The van der Waals surface area contributed by atoms with E-state index in [9.17, 15) is 13.2 Å². The van der Waals surface area contributed by atoms with Gasteiger partial charge in [0.05, 0.1) is 10.7 Å². The molecular weight excluding hydrogens is 301 g/mol. The van der Waals surface area contributed by atoms with Crippen LogP contribution in [-0.4, -0.2) is 14.8 Å². The van der Waals surface area contributed by atoms with Gasteiger partial charge in [0, 0.05) is 4.90 Å². The lowest BCUT2D eigenvalue weighted by atomic mass is 10.2. The second kappa shape index (κ2) is 4.61. The van der Waals surface area contributed by atoms with Crippen molar-refractivity contribution in [3.63, 3.8) is 0 Å². The van der Waals surface area contributed by atoms with E-state index in [1.165, 1.54) is 6.07 Å². The molecule has 0 saturated carbocycles. The molecule has 2 rings (SSSR count). The van der Waals surface area contributed by atoms with Gasteiger partial charge in [-0.3, -0.25) is 0 Å². The van der Waals surface area contributed by atoms with Gasteiger partial charge < -0.3 is 5.73 Å². The summed E-state index contributed by atoms with van der Waals surface area (Å²) in [6.07, 6.45) is -4.67. The Kier molecular flexibility index (Phi) is 3.40. The fourth-order valence-electron chi connectivity index (χ4n) is 1.43. The average Bonchev–Trinajstić information content (AvgIpc) is 2.65. The van der Waals surface area contributed by atoms with Gasteiger partial charge in [-0.15, -0.1) is 17.7 Å². The van der Waals surface area contributed by atoms with Crippen LogP contribution in [0.25, 0.3) is 5.69 Å². The number of aryl methyl sites for hydroxylation is 1. The molecule has 19 heavy (non-hydrogen) atoms. The van der Waals surface area contributed by atoms with E-state index in [4.69, 9.17) is 17.3 Å². The molecular formula is C10H8ClF3N4S. The number of aromatic nitrogens is 3. The Hall–Kier alpha value is -1.41. The number of anilines is 1. The number of halogens is 4. The number of thiol groups is 1. The summed E-state index contributed by atoms with van der Waals surface area (Å²) in [5.41, 5.74) is 6.41. The first-order chi connectivity index (χ1) is 8.70. The maximum absolute atomic E-state index is 12.5. The molecule has 0 aliphatic heterocycles. The number of nitrogens with two attached hydrogens (primary N) is 1. The topological polar surface area (TPSA) is 56.7 Å². The minimum Gasteiger partial charge on any atom is -0.368 e. The van der Waals surface area contributed by atoms with Crippen LogP contribution in [0.3, 0.4) is 0 Å². The second-order valence-electron chi connectivity index (χ2n) is 3.79. The van der Waals surface area contributed by atoms with Gasteiger partial charge >= 0.3 is 6.18 Å². The highest BCUT2D eigenvalue weighted by atomic mass is 35.5. The summed E-state index contributed by atoms with van der Waals surface area (Å²) in [5, 5.41) is 3.53. The Morgan fingerprint density at radius 1 is 1.37 bits per heavy atom. The molecule has 102 valence electrons. The quantitative estimate of drug-likeness (QED) is 0.796. The van der Waals surface area contributed by atoms with Crippen LogP contribution in [0.5, 0.6) is 0 Å². The van der Waals surface area contributed by atoms with Crippen LogP contribution in [0.2, 0.25) is 5.02 Å². The fraction of sp³-hybridized carbons (Fsp3) is 0.200. The van der Waals surface area contributed by atoms with Gasteiger partial charge in [0.2, 0.25) is 5.95 Å². The van der Waals surface area contributed by atoms with Crippen molar-refractivity contribution in [3.05, 3.63) is 28.5 Å². The lowest BCUT2D eigenvalue weighted by molar-refractivity contribution is -0.144. The van der Waals surface area contributed by atoms with Gasteiger partial charge in [-0.2, -0.15) is 22.8 Å². The number of hydrogen-bond acceptors (Lipinski definition) is 4. The van der Waals surface area contributed by atoms with Crippen LogP contribution >= 0.6 is 24.2 Å². The first kappa shape index (κ1) is 14.0. The van der Waals surface area contributed by atoms with Crippen LogP contribution in [0.15, 0.2) is 17.0 Å². The molecule has 0 fully saturated rings. The smallest absolute Gasteiger partial charge is 0.368 e. The van der Waals surface area contributed by atoms with Crippen LogP contribution in [0.1, 0.15) is 11.4 Å². The molecule has 0 aliphatic carbocycles. The molecule has 0 aliphatic rings. The third kappa shape index (κ3) is 2.64. The minimum atomic E-state index is -4.67. The molecule has 0 atom stereocenters. The Morgan fingerprint density at radius 2 is 2.00 bits per heavy atom. The lowest BCUT2D eigenvalue weighted by Crippen LogP contribution is -2.08. The van der Waals surface area contributed by atoms with Crippen molar-refractivity contribution in [2.45, 2.75) is 18.0 Å².